The normalized spacial score (nSPS) is 13.5. The molecule has 0 aliphatic rings. The van der Waals surface area contributed by atoms with Crippen LogP contribution in [0, 0.1) is 5.92 Å². The summed E-state index contributed by atoms with van der Waals surface area (Å²) in [5.74, 6) is 2.74. The van der Waals surface area contributed by atoms with Crippen molar-refractivity contribution in [3.8, 4) is 0 Å². The highest BCUT2D eigenvalue weighted by atomic mass is 79.9. The predicted octanol–water partition coefficient (Wildman–Crippen LogP) is 1.97. The molecule has 0 radical (unpaired) electrons. The minimum atomic E-state index is -0.0110. The molecule has 0 saturated carbocycles. The van der Waals surface area contributed by atoms with Crippen molar-refractivity contribution in [2.45, 2.75) is 19.9 Å². The summed E-state index contributed by atoms with van der Waals surface area (Å²) < 4.78 is 2.48. The zero-order valence-corrected chi connectivity index (χ0v) is 11.7. The summed E-state index contributed by atoms with van der Waals surface area (Å²) in [5, 5.41) is 7.83. The standard InChI is InChI=1S/C9H17BrN4S/c1-6(2)4-15-5-7(11)8-9(10)12-13-14(8)3/h6-7H,4-5,11H2,1-3H3. The van der Waals surface area contributed by atoms with Crippen LogP contribution in [-0.4, -0.2) is 26.5 Å². The van der Waals surface area contributed by atoms with E-state index in [1.165, 1.54) is 0 Å². The van der Waals surface area contributed by atoms with Gasteiger partial charge in [0.2, 0.25) is 0 Å². The zero-order chi connectivity index (χ0) is 11.4. The maximum absolute atomic E-state index is 6.08. The molecule has 1 aromatic heterocycles. The number of aryl methyl sites for hydroxylation is 1. The number of hydrogen-bond donors (Lipinski definition) is 1. The molecular weight excluding hydrogens is 276 g/mol. The molecule has 0 aliphatic carbocycles. The molecule has 15 heavy (non-hydrogen) atoms. The number of nitrogens with zero attached hydrogens (tertiary/aromatic N) is 3. The molecule has 86 valence electrons. The van der Waals surface area contributed by atoms with E-state index in [9.17, 15) is 0 Å². The highest BCUT2D eigenvalue weighted by Gasteiger charge is 2.16. The van der Waals surface area contributed by atoms with Crippen LogP contribution in [0.25, 0.3) is 0 Å². The van der Waals surface area contributed by atoms with Crippen molar-refractivity contribution in [1.29, 1.82) is 0 Å². The summed E-state index contributed by atoms with van der Waals surface area (Å²) in [6, 6.07) is -0.0110. The summed E-state index contributed by atoms with van der Waals surface area (Å²) in [6.45, 7) is 4.42. The lowest BCUT2D eigenvalue weighted by Gasteiger charge is -2.12. The van der Waals surface area contributed by atoms with Crippen LogP contribution in [-0.2, 0) is 7.05 Å². The van der Waals surface area contributed by atoms with Gasteiger partial charge < -0.3 is 5.73 Å². The van der Waals surface area contributed by atoms with Gasteiger partial charge in [0.05, 0.1) is 11.7 Å². The van der Waals surface area contributed by atoms with Crippen molar-refractivity contribution in [2.24, 2.45) is 18.7 Å². The van der Waals surface area contributed by atoms with Crippen LogP contribution in [0.15, 0.2) is 4.60 Å². The monoisotopic (exact) mass is 292 g/mol. The molecule has 2 N–H and O–H groups in total. The van der Waals surface area contributed by atoms with E-state index in [1.807, 2.05) is 18.8 Å². The molecule has 0 spiro atoms. The van der Waals surface area contributed by atoms with E-state index in [4.69, 9.17) is 5.73 Å². The topological polar surface area (TPSA) is 56.7 Å². The second-order valence-electron chi connectivity index (χ2n) is 3.93. The van der Waals surface area contributed by atoms with Gasteiger partial charge in [0.15, 0.2) is 4.60 Å². The molecular formula is C9H17BrN4S. The average molecular weight is 293 g/mol. The van der Waals surface area contributed by atoms with Crippen molar-refractivity contribution in [1.82, 2.24) is 15.0 Å². The Morgan fingerprint density at radius 3 is 2.60 bits per heavy atom. The maximum atomic E-state index is 6.08. The van der Waals surface area contributed by atoms with Crippen molar-refractivity contribution >= 4 is 27.7 Å². The molecule has 0 fully saturated rings. The third-order valence-electron chi connectivity index (χ3n) is 1.93. The number of halogens is 1. The second kappa shape index (κ2) is 5.86. The molecule has 1 unspecified atom stereocenters. The Morgan fingerprint density at radius 2 is 2.13 bits per heavy atom. The summed E-state index contributed by atoms with van der Waals surface area (Å²) in [7, 11) is 1.86. The number of thioether (sulfide) groups is 1. The minimum absolute atomic E-state index is 0.0110. The predicted molar refractivity (Wildman–Crippen MR) is 67.8 cm³/mol. The van der Waals surface area contributed by atoms with Gasteiger partial charge in [-0.15, -0.1) is 5.10 Å². The van der Waals surface area contributed by atoms with Gasteiger partial charge in [-0.25, -0.2) is 4.68 Å². The van der Waals surface area contributed by atoms with E-state index in [0.29, 0.717) is 5.92 Å². The van der Waals surface area contributed by atoms with Crippen LogP contribution in [0.4, 0.5) is 0 Å². The van der Waals surface area contributed by atoms with Gasteiger partial charge in [-0.2, -0.15) is 11.8 Å². The van der Waals surface area contributed by atoms with Crippen LogP contribution in [0.3, 0.4) is 0 Å². The van der Waals surface area contributed by atoms with Crippen molar-refractivity contribution in [2.75, 3.05) is 11.5 Å². The average Bonchev–Trinajstić information content (AvgIpc) is 2.45. The number of aromatic nitrogens is 3. The number of hydrogen-bond acceptors (Lipinski definition) is 4. The molecule has 1 rings (SSSR count). The lowest BCUT2D eigenvalue weighted by molar-refractivity contribution is 0.639. The Balaban J connectivity index is 2.50. The van der Waals surface area contributed by atoms with Gasteiger partial charge in [-0.05, 0) is 27.6 Å². The van der Waals surface area contributed by atoms with Gasteiger partial charge in [-0.1, -0.05) is 19.1 Å². The van der Waals surface area contributed by atoms with Gasteiger partial charge in [-0.3, -0.25) is 0 Å². The van der Waals surface area contributed by atoms with Crippen LogP contribution in [0.2, 0.25) is 0 Å². The zero-order valence-electron chi connectivity index (χ0n) is 9.27. The van der Waals surface area contributed by atoms with E-state index in [-0.39, 0.29) is 6.04 Å². The fraction of sp³-hybridized carbons (Fsp3) is 0.778. The van der Waals surface area contributed by atoms with Gasteiger partial charge in [0.25, 0.3) is 0 Å². The molecule has 1 aromatic rings. The first-order valence-electron chi connectivity index (χ1n) is 4.90. The molecule has 0 aromatic carbocycles. The summed E-state index contributed by atoms with van der Waals surface area (Å²) >= 11 is 5.23. The van der Waals surface area contributed by atoms with E-state index in [1.54, 1.807) is 4.68 Å². The molecule has 0 amide bonds. The van der Waals surface area contributed by atoms with E-state index < -0.39 is 0 Å². The third kappa shape index (κ3) is 3.77. The summed E-state index contributed by atoms with van der Waals surface area (Å²) in [5.41, 5.74) is 7.04. The van der Waals surface area contributed by atoms with Crippen LogP contribution < -0.4 is 5.73 Å². The van der Waals surface area contributed by atoms with E-state index in [0.717, 1.165) is 21.8 Å². The Morgan fingerprint density at radius 1 is 1.47 bits per heavy atom. The quantitative estimate of drug-likeness (QED) is 0.901. The first-order chi connectivity index (χ1) is 7.02. The Kier molecular flexibility index (Phi) is 5.08. The third-order valence-corrected chi connectivity index (χ3v) is 3.99. The maximum Gasteiger partial charge on any atom is 0.153 e. The molecule has 0 saturated heterocycles. The lowest BCUT2D eigenvalue weighted by Crippen LogP contribution is -2.18. The Hall–Kier alpha value is -0.0700. The minimum Gasteiger partial charge on any atom is -0.322 e. The van der Waals surface area contributed by atoms with Crippen molar-refractivity contribution in [3.63, 3.8) is 0 Å². The largest absolute Gasteiger partial charge is 0.322 e. The van der Waals surface area contributed by atoms with Crippen LogP contribution in [0.5, 0.6) is 0 Å². The molecule has 1 atom stereocenters. The smallest absolute Gasteiger partial charge is 0.153 e. The molecule has 0 bridgehead atoms. The van der Waals surface area contributed by atoms with Crippen LogP contribution in [0.1, 0.15) is 25.6 Å². The fourth-order valence-electron chi connectivity index (χ4n) is 1.24. The summed E-state index contributed by atoms with van der Waals surface area (Å²) in [6.07, 6.45) is 0. The lowest BCUT2D eigenvalue weighted by atomic mass is 10.3. The van der Waals surface area contributed by atoms with E-state index >= 15 is 0 Å². The number of rotatable bonds is 5. The highest BCUT2D eigenvalue weighted by molar-refractivity contribution is 9.10. The van der Waals surface area contributed by atoms with E-state index in [2.05, 4.69) is 40.1 Å². The summed E-state index contributed by atoms with van der Waals surface area (Å²) in [4.78, 5) is 0. The van der Waals surface area contributed by atoms with Gasteiger partial charge in [0, 0.05) is 12.8 Å². The molecule has 0 aliphatic heterocycles. The highest BCUT2D eigenvalue weighted by Crippen LogP contribution is 2.22. The molecule has 1 heterocycles. The Bertz CT molecular complexity index is 294. The van der Waals surface area contributed by atoms with Gasteiger partial charge in [0.1, 0.15) is 0 Å². The SMILES string of the molecule is CC(C)CSCC(N)c1c(Br)nnn1C. The number of nitrogens with two attached hydrogens (primary N) is 1. The van der Waals surface area contributed by atoms with Crippen LogP contribution >= 0.6 is 27.7 Å². The molecule has 6 heteroatoms. The second-order valence-corrected chi connectivity index (χ2v) is 5.75. The van der Waals surface area contributed by atoms with Gasteiger partial charge >= 0.3 is 0 Å². The first kappa shape index (κ1) is 13.0. The van der Waals surface area contributed by atoms with Crippen molar-refractivity contribution in [3.05, 3.63) is 10.3 Å². The van der Waals surface area contributed by atoms with Crippen molar-refractivity contribution < 1.29 is 0 Å². The fourth-order valence-corrected chi connectivity index (χ4v) is 2.88. The first-order valence-corrected chi connectivity index (χ1v) is 6.85. The molecule has 4 nitrogen and oxygen atoms in total. The Labute approximate surface area is 103 Å².